The molecule has 5 heteroatoms. The van der Waals surface area contributed by atoms with Crippen LogP contribution < -0.4 is 4.35 Å². The van der Waals surface area contributed by atoms with Crippen molar-refractivity contribution in [2.45, 2.75) is 77.8 Å². The molecular weight excluding hydrogens is 355 g/mol. The topological polar surface area (TPSA) is 36.9 Å². The summed E-state index contributed by atoms with van der Waals surface area (Å²) in [6, 6.07) is 9.93. The van der Waals surface area contributed by atoms with Gasteiger partial charge in [0.05, 0.1) is 0 Å². The molecule has 2 aliphatic rings. The monoisotopic (exact) mass is 384 g/mol. The van der Waals surface area contributed by atoms with E-state index in [4.69, 9.17) is 14.9 Å². The Morgan fingerprint density at radius 3 is 1.17 bits per heavy atom. The number of rotatable bonds is 1. The molecule has 0 saturated carbocycles. The second-order valence-electron chi connectivity index (χ2n) is 8.55. The van der Waals surface area contributed by atoms with Crippen LogP contribution in [0.2, 0.25) is 0 Å². The first kappa shape index (κ1) is 17.4. The van der Waals surface area contributed by atoms with Gasteiger partial charge in [-0.3, -0.25) is 0 Å². The van der Waals surface area contributed by atoms with Gasteiger partial charge in [-0.2, -0.15) is 0 Å². The van der Waals surface area contributed by atoms with Crippen molar-refractivity contribution >= 4 is 18.2 Å². The second kappa shape index (κ2) is 4.42. The molecule has 3 rings (SSSR count). The fraction of sp³-hybridized carbons (Fsp3) is 0.667. The maximum atomic E-state index is 6.67. The third-order valence-electron chi connectivity index (χ3n) is 5.62. The van der Waals surface area contributed by atoms with Gasteiger partial charge in [0.25, 0.3) is 0 Å². The fourth-order valence-corrected chi connectivity index (χ4v) is 14.2. The summed E-state index contributed by atoms with van der Waals surface area (Å²) in [7, 11) is 0. The van der Waals surface area contributed by atoms with Gasteiger partial charge in [-0.1, -0.05) is 0 Å². The van der Waals surface area contributed by atoms with Crippen LogP contribution in [0.4, 0.5) is 0 Å². The average molecular weight is 384 g/mol. The molecular formula is C18H29AsO4. The molecule has 2 aliphatic heterocycles. The van der Waals surface area contributed by atoms with Crippen molar-refractivity contribution in [3.63, 3.8) is 0 Å². The molecule has 2 heterocycles. The van der Waals surface area contributed by atoms with Crippen LogP contribution in [0.1, 0.15) is 55.4 Å². The van der Waals surface area contributed by atoms with Crippen LogP contribution in [0.5, 0.6) is 0 Å². The molecule has 0 unspecified atom stereocenters. The van der Waals surface area contributed by atoms with E-state index in [0.717, 1.165) is 4.35 Å². The van der Waals surface area contributed by atoms with E-state index in [1.165, 1.54) is 0 Å². The summed E-state index contributed by atoms with van der Waals surface area (Å²) in [5, 5.41) is 0. The molecule has 0 N–H and O–H groups in total. The summed E-state index contributed by atoms with van der Waals surface area (Å²) in [4.78, 5) is 0. The molecule has 0 aliphatic carbocycles. The van der Waals surface area contributed by atoms with E-state index in [9.17, 15) is 0 Å². The van der Waals surface area contributed by atoms with Crippen molar-refractivity contribution in [1.29, 1.82) is 0 Å². The van der Waals surface area contributed by atoms with E-state index in [-0.39, 0.29) is 0 Å². The molecule has 1 aromatic rings. The van der Waals surface area contributed by atoms with Crippen molar-refractivity contribution in [3.8, 4) is 0 Å². The summed E-state index contributed by atoms with van der Waals surface area (Å²) in [6.07, 6.45) is 0. The molecule has 2 saturated heterocycles. The van der Waals surface area contributed by atoms with Crippen LogP contribution >= 0.6 is 0 Å². The van der Waals surface area contributed by atoms with Gasteiger partial charge in [0.15, 0.2) is 0 Å². The zero-order valence-electron chi connectivity index (χ0n) is 15.5. The molecule has 0 amide bonds. The Kier molecular flexibility index (Phi) is 3.35. The molecule has 23 heavy (non-hydrogen) atoms. The van der Waals surface area contributed by atoms with Gasteiger partial charge in [0.1, 0.15) is 0 Å². The molecule has 0 radical (unpaired) electrons. The van der Waals surface area contributed by atoms with Crippen molar-refractivity contribution in [2.75, 3.05) is 0 Å². The maximum absolute atomic E-state index is 6.67. The van der Waals surface area contributed by atoms with Crippen molar-refractivity contribution in [2.24, 2.45) is 0 Å². The summed E-state index contributed by atoms with van der Waals surface area (Å²) in [6.45, 7) is 16.3. The fourth-order valence-electron chi connectivity index (χ4n) is 3.01. The van der Waals surface area contributed by atoms with Crippen molar-refractivity contribution in [1.82, 2.24) is 0 Å². The Bertz CT molecular complexity index is 558. The van der Waals surface area contributed by atoms with Crippen LogP contribution in [0.15, 0.2) is 30.3 Å². The van der Waals surface area contributed by atoms with Gasteiger partial charge in [-0.15, -0.1) is 0 Å². The molecule has 1 spiro atoms. The average Bonchev–Trinajstić information content (AvgIpc) is 2.62. The number of hydrogen-bond donors (Lipinski definition) is 0. The first-order chi connectivity index (χ1) is 10.3. The number of hydrogen-bond acceptors (Lipinski definition) is 4. The summed E-state index contributed by atoms with van der Waals surface area (Å²) in [5.74, 6) is 0. The quantitative estimate of drug-likeness (QED) is 0.695. The predicted molar refractivity (Wildman–Crippen MR) is 92.5 cm³/mol. The predicted octanol–water partition coefficient (Wildman–Crippen LogP) is 3.49. The molecule has 130 valence electrons. The van der Waals surface area contributed by atoms with Gasteiger partial charge in [-0.25, -0.2) is 0 Å². The van der Waals surface area contributed by atoms with Gasteiger partial charge in [0, 0.05) is 0 Å². The Labute approximate surface area is 141 Å². The van der Waals surface area contributed by atoms with Gasteiger partial charge in [-0.05, 0) is 0 Å². The zero-order valence-corrected chi connectivity index (χ0v) is 17.3. The molecule has 4 nitrogen and oxygen atoms in total. The first-order valence-corrected chi connectivity index (χ1v) is 12.2. The third-order valence-corrected chi connectivity index (χ3v) is 14.5. The molecule has 1 aromatic carbocycles. The van der Waals surface area contributed by atoms with Crippen LogP contribution in [-0.2, 0) is 14.9 Å². The Morgan fingerprint density at radius 2 is 0.870 bits per heavy atom. The van der Waals surface area contributed by atoms with E-state index < -0.39 is 36.2 Å². The normalized spacial score (nSPS) is 33.1. The van der Waals surface area contributed by atoms with E-state index in [2.05, 4.69) is 0 Å². The van der Waals surface area contributed by atoms with Crippen molar-refractivity contribution < 1.29 is 14.9 Å². The van der Waals surface area contributed by atoms with Gasteiger partial charge < -0.3 is 0 Å². The Hall–Kier alpha value is -0.382. The van der Waals surface area contributed by atoms with Crippen LogP contribution in [0, 0.1) is 0 Å². The summed E-state index contributed by atoms with van der Waals surface area (Å²) >= 11 is -4.63. The van der Waals surface area contributed by atoms with Crippen molar-refractivity contribution in [3.05, 3.63) is 30.3 Å². The molecule has 0 aromatic heterocycles. The molecule has 2 fully saturated rings. The summed E-state index contributed by atoms with van der Waals surface area (Å²) < 4.78 is 27.6. The minimum absolute atomic E-state index is 0.523. The molecule has 0 bridgehead atoms. The van der Waals surface area contributed by atoms with E-state index >= 15 is 0 Å². The first-order valence-electron chi connectivity index (χ1n) is 8.18. The Balaban J connectivity index is 2.28. The van der Waals surface area contributed by atoms with E-state index in [1.807, 2.05) is 85.7 Å². The third kappa shape index (κ3) is 2.19. The van der Waals surface area contributed by atoms with Gasteiger partial charge >= 0.3 is 141 Å². The minimum atomic E-state index is -4.63. The number of benzene rings is 1. The van der Waals surface area contributed by atoms with Gasteiger partial charge in [0.2, 0.25) is 0 Å². The molecule has 0 atom stereocenters. The standard InChI is InChI=1S/C18H29AsO4/c1-15(2)16(3,4)21-19(20-15,14-12-10-9-11-13-14)22-17(5,6)18(7,8)23-19/h9-13H,1-8H3. The van der Waals surface area contributed by atoms with E-state index in [0.29, 0.717) is 0 Å². The SMILES string of the molecule is CC1(C)O[As]2(c3ccccc3)(OC1(C)C)OC(C)(C)C(C)(C)O2. The van der Waals surface area contributed by atoms with E-state index in [1.54, 1.807) is 0 Å². The summed E-state index contributed by atoms with van der Waals surface area (Å²) in [5.41, 5.74) is -2.09. The zero-order chi connectivity index (χ0) is 17.4. The second-order valence-corrected chi connectivity index (χ2v) is 14.6. The van der Waals surface area contributed by atoms with Crippen LogP contribution in [0.25, 0.3) is 0 Å². The van der Waals surface area contributed by atoms with Crippen LogP contribution in [0.3, 0.4) is 0 Å². The van der Waals surface area contributed by atoms with Crippen LogP contribution in [-0.4, -0.2) is 36.2 Å². The Morgan fingerprint density at radius 1 is 0.565 bits per heavy atom.